The van der Waals surface area contributed by atoms with Gasteiger partial charge in [-0.05, 0) is 42.4 Å². The Kier molecular flexibility index (Phi) is 6.91. The lowest BCUT2D eigenvalue weighted by Gasteiger charge is -2.05. The van der Waals surface area contributed by atoms with E-state index in [0.29, 0.717) is 23.0 Å². The third kappa shape index (κ3) is 5.51. The number of hydrogen-bond acceptors (Lipinski definition) is 8. The number of non-ortho nitro benzene ring substituents is 1. The van der Waals surface area contributed by atoms with Crippen LogP contribution in [0.15, 0.2) is 63.8 Å². The van der Waals surface area contributed by atoms with Crippen LogP contribution in [0, 0.1) is 10.1 Å². The van der Waals surface area contributed by atoms with Crippen LogP contribution in [0.4, 0.5) is 11.4 Å². The molecule has 9 nitrogen and oxygen atoms in total. The van der Waals surface area contributed by atoms with Crippen LogP contribution in [-0.4, -0.2) is 38.5 Å². The number of nitro groups is 1. The second kappa shape index (κ2) is 9.79. The molecule has 0 amide bonds. The highest BCUT2D eigenvalue weighted by molar-refractivity contribution is 7.99. The summed E-state index contributed by atoms with van der Waals surface area (Å²) in [6.07, 6.45) is 3.35. The van der Waals surface area contributed by atoms with E-state index in [1.54, 1.807) is 54.4 Å². The lowest BCUT2D eigenvalue weighted by atomic mass is 10.1. The molecule has 2 aromatic carbocycles. The van der Waals surface area contributed by atoms with E-state index in [1.807, 2.05) is 7.05 Å². The Morgan fingerprint density at radius 1 is 1.30 bits per heavy atom. The van der Waals surface area contributed by atoms with Crippen LogP contribution < -0.4 is 0 Å². The van der Waals surface area contributed by atoms with E-state index in [9.17, 15) is 14.9 Å². The maximum Gasteiger partial charge on any atom is 0.310 e. The van der Waals surface area contributed by atoms with Crippen LogP contribution in [0.25, 0.3) is 0 Å². The third-order valence-electron chi connectivity index (χ3n) is 4.02. The number of carbonyl (C=O) groups excluding carboxylic acids is 1. The van der Waals surface area contributed by atoms with Crippen molar-refractivity contribution in [3.63, 3.8) is 0 Å². The van der Waals surface area contributed by atoms with Crippen LogP contribution >= 0.6 is 11.8 Å². The van der Waals surface area contributed by atoms with Crippen LogP contribution in [0.5, 0.6) is 0 Å². The summed E-state index contributed by atoms with van der Waals surface area (Å²) in [5, 5.41) is 19.7. The molecular weight excluding hydrogens is 406 g/mol. The van der Waals surface area contributed by atoms with E-state index in [2.05, 4.69) is 15.2 Å². The number of benzene rings is 2. The number of aliphatic imine (C=N–C) groups is 1. The van der Waals surface area contributed by atoms with Gasteiger partial charge in [0.1, 0.15) is 6.33 Å². The first-order valence-corrected chi connectivity index (χ1v) is 9.87. The molecule has 0 bridgehead atoms. The SMILES string of the molecule is CCOC(=O)Cc1ccc(N=Cc2cc([N+](=O)[O-])ccc2Sc2nncn2C)cc1. The molecule has 0 saturated heterocycles. The summed E-state index contributed by atoms with van der Waals surface area (Å²) in [6, 6.07) is 11.7. The maximum absolute atomic E-state index is 11.6. The molecule has 0 radical (unpaired) electrons. The van der Waals surface area contributed by atoms with E-state index in [0.717, 1.165) is 10.5 Å². The first-order chi connectivity index (χ1) is 14.5. The summed E-state index contributed by atoms with van der Waals surface area (Å²) < 4.78 is 6.70. The summed E-state index contributed by atoms with van der Waals surface area (Å²) in [5.74, 6) is -0.282. The van der Waals surface area contributed by atoms with Crippen molar-refractivity contribution in [1.82, 2.24) is 14.8 Å². The van der Waals surface area contributed by atoms with Crippen molar-refractivity contribution in [3.8, 4) is 0 Å². The minimum absolute atomic E-state index is 0.0245. The second-order valence-corrected chi connectivity index (χ2v) is 7.22. The summed E-state index contributed by atoms with van der Waals surface area (Å²) in [7, 11) is 1.82. The zero-order valence-corrected chi connectivity index (χ0v) is 17.2. The van der Waals surface area contributed by atoms with E-state index < -0.39 is 4.92 Å². The molecule has 0 N–H and O–H groups in total. The van der Waals surface area contributed by atoms with Gasteiger partial charge in [-0.3, -0.25) is 19.9 Å². The van der Waals surface area contributed by atoms with Crippen LogP contribution in [0.1, 0.15) is 18.1 Å². The zero-order chi connectivity index (χ0) is 21.5. The molecule has 10 heteroatoms. The molecule has 30 heavy (non-hydrogen) atoms. The number of hydrogen-bond donors (Lipinski definition) is 0. The van der Waals surface area contributed by atoms with Gasteiger partial charge in [-0.25, -0.2) is 0 Å². The van der Waals surface area contributed by atoms with Gasteiger partial charge in [0.25, 0.3) is 5.69 Å². The van der Waals surface area contributed by atoms with Crippen molar-refractivity contribution in [1.29, 1.82) is 0 Å². The molecule has 0 aliphatic heterocycles. The van der Waals surface area contributed by atoms with Gasteiger partial charge in [0.05, 0.1) is 23.6 Å². The number of esters is 1. The van der Waals surface area contributed by atoms with Crippen molar-refractivity contribution in [2.75, 3.05) is 6.61 Å². The van der Waals surface area contributed by atoms with Gasteiger partial charge in [0, 0.05) is 35.9 Å². The average Bonchev–Trinajstić information content (AvgIpc) is 3.13. The Hall–Kier alpha value is -3.53. The molecule has 154 valence electrons. The van der Waals surface area contributed by atoms with Crippen molar-refractivity contribution < 1.29 is 14.5 Å². The minimum atomic E-state index is -0.446. The lowest BCUT2D eigenvalue weighted by molar-refractivity contribution is -0.384. The van der Waals surface area contributed by atoms with Gasteiger partial charge in [-0.2, -0.15) is 0 Å². The predicted octanol–water partition coefficient (Wildman–Crippen LogP) is 3.73. The quantitative estimate of drug-likeness (QED) is 0.234. The fourth-order valence-corrected chi connectivity index (χ4v) is 3.37. The highest BCUT2D eigenvalue weighted by atomic mass is 32.2. The number of aromatic nitrogens is 3. The van der Waals surface area contributed by atoms with E-state index >= 15 is 0 Å². The molecule has 0 aliphatic rings. The highest BCUT2D eigenvalue weighted by Crippen LogP contribution is 2.30. The first kappa shape index (κ1) is 21.2. The Morgan fingerprint density at radius 3 is 2.70 bits per heavy atom. The number of rotatable bonds is 8. The summed E-state index contributed by atoms with van der Waals surface area (Å²) in [6.45, 7) is 2.11. The molecule has 3 rings (SSSR count). The van der Waals surface area contributed by atoms with Gasteiger partial charge in [0.2, 0.25) is 0 Å². The molecule has 3 aromatic rings. The second-order valence-electron chi connectivity index (χ2n) is 6.21. The van der Waals surface area contributed by atoms with Crippen LogP contribution in [-0.2, 0) is 23.0 Å². The lowest BCUT2D eigenvalue weighted by Crippen LogP contribution is -2.07. The highest BCUT2D eigenvalue weighted by Gasteiger charge is 2.13. The topological polar surface area (TPSA) is 113 Å². The van der Waals surface area contributed by atoms with Crippen LogP contribution in [0.3, 0.4) is 0 Å². The molecule has 0 fully saturated rings. The fourth-order valence-electron chi connectivity index (χ4n) is 2.53. The van der Waals surface area contributed by atoms with Gasteiger partial charge in [-0.15, -0.1) is 10.2 Å². The van der Waals surface area contributed by atoms with E-state index in [1.165, 1.54) is 23.9 Å². The van der Waals surface area contributed by atoms with Crippen molar-refractivity contribution in [3.05, 3.63) is 70.0 Å². The molecule has 1 aromatic heterocycles. The zero-order valence-electron chi connectivity index (χ0n) is 16.4. The molecular formula is C20H19N5O4S. The van der Waals surface area contributed by atoms with Crippen molar-refractivity contribution in [2.24, 2.45) is 12.0 Å². The number of aryl methyl sites for hydroxylation is 1. The Balaban J connectivity index is 1.82. The Bertz CT molecular complexity index is 1080. The van der Waals surface area contributed by atoms with Gasteiger partial charge in [0.15, 0.2) is 5.16 Å². The Labute approximate surface area is 177 Å². The fraction of sp³-hybridized carbons (Fsp3) is 0.200. The maximum atomic E-state index is 11.6. The largest absolute Gasteiger partial charge is 0.466 e. The summed E-state index contributed by atoms with van der Waals surface area (Å²) in [5.41, 5.74) is 2.04. The summed E-state index contributed by atoms with van der Waals surface area (Å²) in [4.78, 5) is 27.5. The van der Waals surface area contributed by atoms with Gasteiger partial charge in [-0.1, -0.05) is 12.1 Å². The first-order valence-electron chi connectivity index (χ1n) is 9.05. The molecule has 1 heterocycles. The normalized spacial score (nSPS) is 11.0. The number of ether oxygens (including phenoxy) is 1. The summed E-state index contributed by atoms with van der Waals surface area (Å²) >= 11 is 1.34. The van der Waals surface area contributed by atoms with Gasteiger partial charge >= 0.3 is 5.97 Å². The van der Waals surface area contributed by atoms with Crippen molar-refractivity contribution in [2.45, 2.75) is 23.4 Å². The molecule has 0 spiro atoms. The monoisotopic (exact) mass is 425 g/mol. The average molecular weight is 425 g/mol. The molecule has 0 aliphatic carbocycles. The minimum Gasteiger partial charge on any atom is -0.466 e. The predicted molar refractivity (Wildman–Crippen MR) is 112 cm³/mol. The third-order valence-corrected chi connectivity index (χ3v) is 5.16. The molecule has 0 unspecified atom stereocenters. The number of carbonyl (C=O) groups is 1. The molecule has 0 saturated carbocycles. The van der Waals surface area contributed by atoms with Crippen LogP contribution in [0.2, 0.25) is 0 Å². The smallest absolute Gasteiger partial charge is 0.310 e. The van der Waals surface area contributed by atoms with Crippen molar-refractivity contribution >= 4 is 35.3 Å². The van der Waals surface area contributed by atoms with E-state index in [4.69, 9.17) is 4.74 Å². The van der Waals surface area contributed by atoms with E-state index in [-0.39, 0.29) is 18.1 Å². The van der Waals surface area contributed by atoms with Gasteiger partial charge < -0.3 is 9.30 Å². The number of nitro benzene ring substituents is 1. The standard InChI is InChI=1S/C20H19N5O4S/c1-3-29-19(26)10-14-4-6-16(7-5-14)21-12-15-11-17(25(27)28)8-9-18(15)30-20-23-22-13-24(20)2/h4-9,11-13H,3,10H2,1-2H3. The Morgan fingerprint density at radius 2 is 2.07 bits per heavy atom. The molecule has 0 atom stereocenters. The number of nitrogens with zero attached hydrogens (tertiary/aromatic N) is 5.